The van der Waals surface area contributed by atoms with Crippen LogP contribution < -0.4 is 4.89 Å². The van der Waals surface area contributed by atoms with E-state index in [1.54, 1.807) is 0 Å². The molecule has 0 aliphatic rings. The summed E-state index contributed by atoms with van der Waals surface area (Å²) >= 11 is 0. The Kier molecular flexibility index (Phi) is 36.1. The molecule has 1 N–H and O–H groups in total. The average Bonchev–Trinajstić information content (AvgIpc) is 3.13. The Morgan fingerprint density at radius 3 is 1.62 bits per heavy atom. The maximum absolute atomic E-state index is 12.6. The van der Waals surface area contributed by atoms with Crippen molar-refractivity contribution in [3.8, 4) is 0 Å². The first-order valence-electron chi connectivity index (χ1n) is 21.5. The van der Waals surface area contributed by atoms with Crippen molar-refractivity contribution < 1.29 is 47.2 Å². The molecule has 0 fully saturated rings. The van der Waals surface area contributed by atoms with E-state index in [9.17, 15) is 19.0 Å². The molecule has 0 saturated carbocycles. The van der Waals surface area contributed by atoms with Gasteiger partial charge < -0.3 is 33.0 Å². The SMILES string of the molecule is CCCCCCCCCCCCCCCC(=O)OC[C@H](COP(=O)([O-])OCC[N+](C)(C)C)OC(=O)CCC/C=C\C/C=C\C/C=C\C/C=C\CCCCCO. The molecule has 0 aromatic rings. The number of esters is 2. The van der Waals surface area contributed by atoms with Crippen LogP contribution in [0.3, 0.4) is 0 Å². The maximum Gasteiger partial charge on any atom is 0.306 e. The van der Waals surface area contributed by atoms with Gasteiger partial charge in [0.1, 0.15) is 19.8 Å². The highest BCUT2D eigenvalue weighted by atomic mass is 31.2. The second-order valence-corrected chi connectivity index (χ2v) is 16.8. The van der Waals surface area contributed by atoms with E-state index in [4.69, 9.17) is 23.6 Å². The number of rotatable bonds is 39. The number of allylic oxidation sites excluding steroid dienone is 8. The van der Waals surface area contributed by atoms with Gasteiger partial charge in [-0.3, -0.25) is 14.2 Å². The zero-order chi connectivity index (χ0) is 40.7. The quantitative estimate of drug-likeness (QED) is 0.0212. The zero-order valence-electron chi connectivity index (χ0n) is 35.3. The lowest BCUT2D eigenvalue weighted by atomic mass is 10.0. The topological polar surface area (TPSA) is 131 Å². The van der Waals surface area contributed by atoms with Crippen LogP contribution in [-0.4, -0.2) is 81.7 Å². The summed E-state index contributed by atoms with van der Waals surface area (Å²) < 4.78 is 33.8. The fourth-order valence-electron chi connectivity index (χ4n) is 5.51. The van der Waals surface area contributed by atoms with E-state index in [0.717, 1.165) is 64.2 Å². The third-order valence-corrected chi connectivity index (χ3v) is 9.87. The number of nitrogens with zero attached hydrogens (tertiary/aromatic N) is 1. The van der Waals surface area contributed by atoms with Crippen LogP contribution in [0.5, 0.6) is 0 Å². The fraction of sp³-hybridized carbons (Fsp3) is 0.773. The van der Waals surface area contributed by atoms with Crippen LogP contribution in [0.15, 0.2) is 48.6 Å². The predicted molar refractivity (Wildman–Crippen MR) is 223 cm³/mol. The van der Waals surface area contributed by atoms with Gasteiger partial charge in [0, 0.05) is 19.4 Å². The van der Waals surface area contributed by atoms with Gasteiger partial charge in [-0.2, -0.15) is 0 Å². The zero-order valence-corrected chi connectivity index (χ0v) is 36.2. The minimum Gasteiger partial charge on any atom is -0.756 e. The standard InChI is InChI=1S/C44H80NO9P/c1-5-6-7-8-9-10-11-17-20-23-26-29-32-35-43(47)51-40-42(41-53-55(49,50)52-39-37-45(2,3)4)54-44(48)36-33-30-27-24-21-18-15-13-12-14-16-19-22-25-28-31-34-38-46/h12,14-15,18-19,22,24,27,42,46H,5-11,13,16-17,20-21,23,25-26,28-41H2,1-4H3/b14-12-,18-15-,22-19-,27-24-/t42-/m1/s1. The molecule has 55 heavy (non-hydrogen) atoms. The van der Waals surface area contributed by atoms with Crippen LogP contribution in [-0.2, 0) is 32.7 Å². The molecular weight excluding hydrogens is 717 g/mol. The van der Waals surface area contributed by atoms with Gasteiger partial charge in [-0.25, -0.2) is 0 Å². The lowest BCUT2D eigenvalue weighted by Gasteiger charge is -2.28. The number of hydrogen-bond donors (Lipinski definition) is 1. The molecule has 0 heterocycles. The van der Waals surface area contributed by atoms with Crippen molar-refractivity contribution in [1.29, 1.82) is 0 Å². The van der Waals surface area contributed by atoms with Crippen molar-refractivity contribution in [2.45, 2.75) is 167 Å². The largest absolute Gasteiger partial charge is 0.756 e. The first-order chi connectivity index (χ1) is 26.5. The molecule has 0 bridgehead atoms. The molecule has 0 aliphatic heterocycles. The van der Waals surface area contributed by atoms with Gasteiger partial charge >= 0.3 is 11.9 Å². The Labute approximate surface area is 336 Å². The van der Waals surface area contributed by atoms with Crippen LogP contribution in [0.2, 0.25) is 0 Å². The Bertz CT molecular complexity index is 1080. The third-order valence-electron chi connectivity index (χ3n) is 8.91. The van der Waals surface area contributed by atoms with Crippen LogP contribution >= 0.6 is 7.82 Å². The smallest absolute Gasteiger partial charge is 0.306 e. The lowest BCUT2D eigenvalue weighted by molar-refractivity contribution is -0.870. The van der Waals surface area contributed by atoms with E-state index < -0.39 is 32.5 Å². The van der Waals surface area contributed by atoms with Gasteiger partial charge in [0.25, 0.3) is 7.82 Å². The van der Waals surface area contributed by atoms with Gasteiger partial charge in [-0.15, -0.1) is 0 Å². The number of aliphatic hydroxyl groups excluding tert-OH is 1. The summed E-state index contributed by atoms with van der Waals surface area (Å²) in [6, 6.07) is 0. The Balaban J connectivity index is 4.47. The van der Waals surface area contributed by atoms with Crippen molar-refractivity contribution in [3.63, 3.8) is 0 Å². The molecule has 0 aromatic carbocycles. The third kappa shape index (κ3) is 41.4. The van der Waals surface area contributed by atoms with Crippen molar-refractivity contribution in [3.05, 3.63) is 48.6 Å². The molecule has 320 valence electrons. The predicted octanol–water partition coefficient (Wildman–Crippen LogP) is 10.2. The van der Waals surface area contributed by atoms with Gasteiger partial charge in [-0.1, -0.05) is 139 Å². The van der Waals surface area contributed by atoms with Crippen LogP contribution in [0.1, 0.15) is 161 Å². The molecule has 0 saturated heterocycles. The highest BCUT2D eigenvalue weighted by Gasteiger charge is 2.21. The molecule has 0 aliphatic carbocycles. The normalized spacial score (nSPS) is 14.1. The van der Waals surface area contributed by atoms with E-state index in [1.165, 1.54) is 64.2 Å². The van der Waals surface area contributed by atoms with Gasteiger partial charge in [0.05, 0.1) is 27.7 Å². The first-order valence-corrected chi connectivity index (χ1v) is 22.9. The summed E-state index contributed by atoms with van der Waals surface area (Å²) in [5, 5.41) is 8.79. The Morgan fingerprint density at radius 2 is 1.09 bits per heavy atom. The number of carbonyl (C=O) groups is 2. The number of unbranched alkanes of at least 4 members (excludes halogenated alkanes) is 16. The Morgan fingerprint density at radius 1 is 0.618 bits per heavy atom. The molecule has 11 heteroatoms. The maximum atomic E-state index is 12.6. The number of hydrogen-bond acceptors (Lipinski definition) is 9. The molecule has 0 amide bonds. The van der Waals surface area contributed by atoms with E-state index in [1.807, 2.05) is 27.2 Å². The molecule has 0 aromatic heterocycles. The van der Waals surface area contributed by atoms with Crippen LogP contribution in [0, 0.1) is 0 Å². The number of likely N-dealkylation sites (N-methyl/N-ethyl adjacent to an activating group) is 1. The summed E-state index contributed by atoms with van der Waals surface area (Å²) in [7, 11) is 1.11. The molecule has 2 atom stereocenters. The van der Waals surface area contributed by atoms with Crippen LogP contribution in [0.25, 0.3) is 0 Å². The second kappa shape index (κ2) is 37.5. The molecule has 1 unspecified atom stereocenters. The number of ether oxygens (including phenoxy) is 2. The van der Waals surface area contributed by atoms with Gasteiger partial charge in [0.2, 0.25) is 0 Å². The molecule has 0 radical (unpaired) electrons. The summed E-state index contributed by atoms with van der Waals surface area (Å²) in [6.45, 7) is 2.15. The highest BCUT2D eigenvalue weighted by molar-refractivity contribution is 7.45. The van der Waals surface area contributed by atoms with E-state index in [2.05, 4.69) is 49.5 Å². The van der Waals surface area contributed by atoms with E-state index in [0.29, 0.717) is 23.9 Å². The van der Waals surface area contributed by atoms with E-state index >= 15 is 0 Å². The van der Waals surface area contributed by atoms with Crippen LogP contribution in [0.4, 0.5) is 0 Å². The first kappa shape index (κ1) is 52.9. The molecular formula is C44H80NO9P. The number of aliphatic hydroxyl groups is 1. The Hall–Kier alpha value is -2.07. The second-order valence-electron chi connectivity index (χ2n) is 15.4. The summed E-state index contributed by atoms with van der Waals surface area (Å²) in [6.07, 6.45) is 40.1. The fourth-order valence-corrected chi connectivity index (χ4v) is 6.24. The summed E-state index contributed by atoms with van der Waals surface area (Å²) in [5.74, 6) is -0.914. The molecule has 0 rings (SSSR count). The number of quaternary nitrogens is 1. The molecule has 10 nitrogen and oxygen atoms in total. The van der Waals surface area contributed by atoms with Crippen molar-refractivity contribution >= 4 is 19.8 Å². The lowest BCUT2D eigenvalue weighted by Crippen LogP contribution is -2.37. The monoisotopic (exact) mass is 798 g/mol. The van der Waals surface area contributed by atoms with Gasteiger partial charge in [-0.05, 0) is 57.8 Å². The number of phosphoric acid groups is 1. The number of carbonyl (C=O) groups excluding carboxylic acids is 2. The van der Waals surface area contributed by atoms with Gasteiger partial charge in [0.15, 0.2) is 6.10 Å². The van der Waals surface area contributed by atoms with Crippen molar-refractivity contribution in [2.24, 2.45) is 0 Å². The average molecular weight is 798 g/mol. The van der Waals surface area contributed by atoms with E-state index in [-0.39, 0.29) is 32.7 Å². The summed E-state index contributed by atoms with van der Waals surface area (Å²) in [5.41, 5.74) is 0. The minimum atomic E-state index is -4.64. The summed E-state index contributed by atoms with van der Waals surface area (Å²) in [4.78, 5) is 37.4. The highest BCUT2D eigenvalue weighted by Crippen LogP contribution is 2.38. The van der Waals surface area contributed by atoms with Crippen molar-refractivity contribution in [1.82, 2.24) is 0 Å². The molecule has 0 spiro atoms. The van der Waals surface area contributed by atoms with Crippen molar-refractivity contribution in [2.75, 3.05) is 54.1 Å². The number of phosphoric ester groups is 1. The minimum absolute atomic E-state index is 0.0464.